The van der Waals surface area contributed by atoms with Crippen LogP contribution in [0.15, 0.2) is 28.9 Å². The summed E-state index contributed by atoms with van der Waals surface area (Å²) in [6.45, 7) is 6.27. The zero-order chi connectivity index (χ0) is 16.1. The lowest BCUT2D eigenvalue weighted by atomic mass is 10.2. The largest absolute Gasteiger partial charge is 0.360 e. The maximum atomic E-state index is 12.1. The third kappa shape index (κ3) is 4.15. The fourth-order valence-electron chi connectivity index (χ4n) is 1.70. The van der Waals surface area contributed by atoms with Crippen LogP contribution < -0.4 is 10.6 Å². The molecule has 0 saturated heterocycles. The first-order valence-corrected chi connectivity index (χ1v) is 6.94. The van der Waals surface area contributed by atoms with Crippen LogP contribution in [0.25, 0.3) is 0 Å². The van der Waals surface area contributed by atoms with Gasteiger partial charge in [0.05, 0.1) is 0 Å². The third-order valence-corrected chi connectivity index (χ3v) is 2.80. The first kappa shape index (κ1) is 15.7. The Hall–Kier alpha value is -2.70. The van der Waals surface area contributed by atoms with Crippen molar-refractivity contribution in [2.24, 2.45) is 5.92 Å². The van der Waals surface area contributed by atoms with Crippen molar-refractivity contribution in [1.29, 1.82) is 0 Å². The molecule has 116 valence electrons. The minimum atomic E-state index is -0.381. The summed E-state index contributed by atoms with van der Waals surface area (Å²) in [4.78, 5) is 28.0. The second-order valence-corrected chi connectivity index (χ2v) is 5.31. The summed E-state index contributed by atoms with van der Waals surface area (Å²) in [6, 6.07) is 4.58. The van der Waals surface area contributed by atoms with Gasteiger partial charge < -0.3 is 15.2 Å². The molecule has 0 fully saturated rings. The van der Waals surface area contributed by atoms with E-state index in [1.807, 2.05) is 13.8 Å². The van der Waals surface area contributed by atoms with Crippen LogP contribution in [-0.4, -0.2) is 28.5 Å². The lowest BCUT2D eigenvalue weighted by Gasteiger charge is -2.08. The zero-order valence-corrected chi connectivity index (χ0v) is 12.7. The van der Waals surface area contributed by atoms with Gasteiger partial charge in [-0.15, -0.1) is 0 Å². The average Bonchev–Trinajstić information content (AvgIpc) is 2.90. The van der Waals surface area contributed by atoms with Gasteiger partial charge in [0.15, 0.2) is 5.82 Å². The van der Waals surface area contributed by atoms with Crippen LogP contribution in [0, 0.1) is 12.8 Å². The summed E-state index contributed by atoms with van der Waals surface area (Å²) in [5, 5.41) is 9.03. The van der Waals surface area contributed by atoms with E-state index in [1.165, 1.54) is 18.3 Å². The van der Waals surface area contributed by atoms with E-state index >= 15 is 0 Å². The number of pyridine rings is 1. The summed E-state index contributed by atoms with van der Waals surface area (Å²) in [6.07, 6.45) is 1.42. The summed E-state index contributed by atoms with van der Waals surface area (Å²) >= 11 is 0. The number of nitrogens with zero attached hydrogens (tertiary/aromatic N) is 2. The van der Waals surface area contributed by atoms with Gasteiger partial charge in [-0.3, -0.25) is 14.6 Å². The number of aromatic nitrogens is 2. The molecule has 0 aliphatic heterocycles. The van der Waals surface area contributed by atoms with Crippen molar-refractivity contribution in [2.45, 2.75) is 20.8 Å². The molecule has 2 aromatic heterocycles. The fourth-order valence-corrected chi connectivity index (χ4v) is 1.70. The molecule has 0 atom stereocenters. The molecule has 2 heterocycles. The van der Waals surface area contributed by atoms with Gasteiger partial charge in [-0.25, -0.2) is 0 Å². The zero-order valence-electron chi connectivity index (χ0n) is 12.7. The number of rotatable bonds is 5. The van der Waals surface area contributed by atoms with E-state index in [4.69, 9.17) is 4.52 Å². The van der Waals surface area contributed by atoms with Gasteiger partial charge in [-0.2, -0.15) is 0 Å². The number of carbonyl (C=O) groups excluding carboxylic acids is 2. The summed E-state index contributed by atoms with van der Waals surface area (Å²) < 4.78 is 4.88. The summed E-state index contributed by atoms with van der Waals surface area (Å²) in [5.41, 5.74) is 0.523. The molecule has 7 heteroatoms. The molecule has 0 unspecified atom stereocenters. The van der Waals surface area contributed by atoms with Crippen molar-refractivity contribution < 1.29 is 14.1 Å². The van der Waals surface area contributed by atoms with Gasteiger partial charge in [-0.1, -0.05) is 19.0 Å². The lowest BCUT2D eigenvalue weighted by Crippen LogP contribution is -2.28. The molecule has 0 bridgehead atoms. The van der Waals surface area contributed by atoms with Crippen molar-refractivity contribution in [3.8, 4) is 0 Å². The van der Waals surface area contributed by atoms with Crippen LogP contribution in [0.1, 0.15) is 40.5 Å². The normalized spacial score (nSPS) is 10.5. The SMILES string of the molecule is Cc1cc(NC(=O)c2ccnc(C(=O)NCC(C)C)c2)no1. The van der Waals surface area contributed by atoms with E-state index in [0.717, 1.165) is 0 Å². The Balaban J connectivity index is 2.07. The van der Waals surface area contributed by atoms with Gasteiger partial charge in [0.2, 0.25) is 0 Å². The topological polar surface area (TPSA) is 97.1 Å². The predicted molar refractivity (Wildman–Crippen MR) is 80.6 cm³/mol. The van der Waals surface area contributed by atoms with Crippen molar-refractivity contribution in [3.63, 3.8) is 0 Å². The van der Waals surface area contributed by atoms with Crippen LogP contribution in [-0.2, 0) is 0 Å². The number of nitrogens with one attached hydrogen (secondary N) is 2. The molecule has 2 N–H and O–H groups in total. The van der Waals surface area contributed by atoms with Crippen LogP contribution in [0.4, 0.5) is 5.82 Å². The highest BCUT2D eigenvalue weighted by Gasteiger charge is 2.13. The molecule has 22 heavy (non-hydrogen) atoms. The Kier molecular flexibility index (Phi) is 4.88. The summed E-state index contributed by atoms with van der Waals surface area (Å²) in [7, 11) is 0. The van der Waals surface area contributed by atoms with Crippen molar-refractivity contribution in [1.82, 2.24) is 15.5 Å². The van der Waals surface area contributed by atoms with Crippen LogP contribution >= 0.6 is 0 Å². The molecular weight excluding hydrogens is 284 g/mol. The van der Waals surface area contributed by atoms with Crippen molar-refractivity contribution in [3.05, 3.63) is 41.4 Å². The first-order valence-electron chi connectivity index (χ1n) is 6.94. The molecule has 7 nitrogen and oxygen atoms in total. The molecule has 0 aromatic carbocycles. The van der Waals surface area contributed by atoms with Crippen molar-refractivity contribution in [2.75, 3.05) is 11.9 Å². The number of anilines is 1. The molecule has 0 radical (unpaired) electrons. The Morgan fingerprint density at radius 3 is 2.68 bits per heavy atom. The van der Waals surface area contributed by atoms with E-state index in [0.29, 0.717) is 29.6 Å². The Labute approximate surface area is 128 Å². The van der Waals surface area contributed by atoms with Gasteiger partial charge >= 0.3 is 0 Å². The molecule has 0 aliphatic rings. The van der Waals surface area contributed by atoms with E-state index in [9.17, 15) is 9.59 Å². The molecule has 2 amide bonds. The second kappa shape index (κ2) is 6.84. The Morgan fingerprint density at radius 2 is 2.05 bits per heavy atom. The quantitative estimate of drug-likeness (QED) is 0.880. The number of hydrogen-bond acceptors (Lipinski definition) is 5. The maximum Gasteiger partial charge on any atom is 0.269 e. The Morgan fingerprint density at radius 1 is 1.27 bits per heavy atom. The molecule has 0 spiro atoms. The molecule has 0 aliphatic carbocycles. The monoisotopic (exact) mass is 302 g/mol. The van der Waals surface area contributed by atoms with Gasteiger partial charge in [0.1, 0.15) is 11.5 Å². The van der Waals surface area contributed by atoms with Crippen LogP contribution in [0.3, 0.4) is 0 Å². The van der Waals surface area contributed by atoms with Crippen molar-refractivity contribution >= 4 is 17.6 Å². The highest BCUT2D eigenvalue weighted by atomic mass is 16.5. The number of carbonyl (C=O) groups is 2. The lowest BCUT2D eigenvalue weighted by molar-refractivity contribution is 0.0944. The first-order chi connectivity index (χ1) is 10.5. The standard InChI is InChI=1S/C15H18N4O3/c1-9(2)8-17-15(21)12-7-11(4-5-16-12)14(20)18-13-6-10(3)22-19-13/h4-7,9H,8H2,1-3H3,(H,17,21)(H,18,19,20). The highest BCUT2D eigenvalue weighted by molar-refractivity contribution is 6.05. The summed E-state index contributed by atoms with van der Waals surface area (Å²) in [5.74, 6) is 0.573. The minimum absolute atomic E-state index is 0.199. The third-order valence-electron chi connectivity index (χ3n) is 2.80. The van der Waals surface area contributed by atoms with Gasteiger partial charge in [0, 0.05) is 24.4 Å². The number of hydrogen-bond donors (Lipinski definition) is 2. The fraction of sp³-hybridized carbons (Fsp3) is 0.333. The maximum absolute atomic E-state index is 12.1. The average molecular weight is 302 g/mol. The predicted octanol–water partition coefficient (Wildman–Crippen LogP) is 2.02. The molecule has 0 saturated carbocycles. The minimum Gasteiger partial charge on any atom is -0.360 e. The van der Waals surface area contributed by atoms with E-state index in [1.54, 1.807) is 13.0 Å². The number of amides is 2. The molecule has 2 aromatic rings. The number of aryl methyl sites for hydroxylation is 1. The van der Waals surface area contributed by atoms with E-state index < -0.39 is 0 Å². The second-order valence-electron chi connectivity index (χ2n) is 5.31. The smallest absolute Gasteiger partial charge is 0.269 e. The van der Waals surface area contributed by atoms with Gasteiger partial charge in [-0.05, 0) is 25.0 Å². The Bertz CT molecular complexity index is 679. The molecular formula is C15H18N4O3. The van der Waals surface area contributed by atoms with Gasteiger partial charge in [0.25, 0.3) is 11.8 Å². The molecule has 2 rings (SSSR count). The van der Waals surface area contributed by atoms with E-state index in [2.05, 4.69) is 20.8 Å². The highest BCUT2D eigenvalue weighted by Crippen LogP contribution is 2.10. The van der Waals surface area contributed by atoms with Crippen LogP contribution in [0.5, 0.6) is 0 Å². The van der Waals surface area contributed by atoms with Crippen LogP contribution in [0.2, 0.25) is 0 Å². The van der Waals surface area contributed by atoms with E-state index in [-0.39, 0.29) is 17.5 Å².